The molecule has 0 aliphatic heterocycles. The Morgan fingerprint density at radius 2 is 1.43 bits per heavy atom. The first kappa shape index (κ1) is 24.6. The molecule has 0 aromatic rings. The van der Waals surface area contributed by atoms with Gasteiger partial charge in [-0.05, 0) is 33.6 Å². The quantitative estimate of drug-likeness (QED) is 0.404. The second kappa shape index (κ2) is 16.3. The highest BCUT2D eigenvalue weighted by Crippen LogP contribution is 2.08. The van der Waals surface area contributed by atoms with Crippen molar-refractivity contribution in [3.63, 3.8) is 0 Å². The molecule has 4 nitrogen and oxygen atoms in total. The number of rotatable bonds is 12. The summed E-state index contributed by atoms with van der Waals surface area (Å²) in [5, 5.41) is 17.8. The highest BCUT2D eigenvalue weighted by Gasteiger charge is 2.06. The number of aliphatic hydroxyl groups is 2. The average Bonchev–Trinajstić information content (AvgIpc) is 2.44. The van der Waals surface area contributed by atoms with Crippen LogP contribution in [0, 0.1) is 0 Å². The first-order valence-corrected chi connectivity index (χ1v) is 9.29. The lowest BCUT2D eigenvalue weighted by Crippen LogP contribution is -2.15. The van der Waals surface area contributed by atoms with Crippen LogP contribution in [-0.2, 0) is 9.53 Å². The van der Waals surface area contributed by atoms with Crippen molar-refractivity contribution in [1.29, 1.82) is 0 Å². The molecule has 0 saturated carbocycles. The van der Waals surface area contributed by atoms with Crippen LogP contribution in [0.5, 0.6) is 0 Å². The van der Waals surface area contributed by atoms with Crippen molar-refractivity contribution in [3.05, 3.63) is 0 Å². The average molecular weight is 333 g/mol. The van der Waals surface area contributed by atoms with Crippen molar-refractivity contribution in [2.24, 2.45) is 0 Å². The van der Waals surface area contributed by atoms with Crippen molar-refractivity contribution in [3.8, 4) is 0 Å². The van der Waals surface area contributed by atoms with Crippen molar-refractivity contribution in [2.45, 2.75) is 111 Å². The third-order valence-corrected chi connectivity index (χ3v) is 3.59. The van der Waals surface area contributed by atoms with E-state index in [0.717, 1.165) is 19.3 Å². The van der Waals surface area contributed by atoms with Crippen LogP contribution in [0.15, 0.2) is 0 Å². The van der Waals surface area contributed by atoms with E-state index in [0.29, 0.717) is 6.61 Å². The smallest absolute Gasteiger partial charge is 0.308 e. The molecule has 0 fully saturated rings. The second-order valence-electron chi connectivity index (χ2n) is 6.91. The zero-order valence-corrected chi connectivity index (χ0v) is 16.1. The fourth-order valence-electron chi connectivity index (χ4n) is 1.72. The molecule has 0 rings (SSSR count). The maximum Gasteiger partial charge on any atom is 0.308 e. The molecule has 0 saturated heterocycles. The number of carbonyl (C=O) groups excluding carboxylic acids is 1. The second-order valence-corrected chi connectivity index (χ2v) is 6.91. The zero-order valence-electron chi connectivity index (χ0n) is 16.1. The van der Waals surface area contributed by atoms with E-state index >= 15 is 0 Å². The van der Waals surface area contributed by atoms with E-state index in [1.807, 2.05) is 6.92 Å². The van der Waals surface area contributed by atoms with Gasteiger partial charge in [0.05, 0.1) is 24.7 Å². The molecular formula is C19H40O4. The van der Waals surface area contributed by atoms with Crippen molar-refractivity contribution >= 4 is 5.97 Å². The molecule has 0 aromatic heterocycles. The summed E-state index contributed by atoms with van der Waals surface area (Å²) in [6.07, 6.45) is 10.3. The van der Waals surface area contributed by atoms with Gasteiger partial charge in [-0.2, -0.15) is 0 Å². The molecular weight excluding hydrogens is 292 g/mol. The minimum absolute atomic E-state index is 0.108. The molecule has 1 atom stereocenters. The molecule has 0 aliphatic rings. The lowest BCUT2D eigenvalue weighted by molar-refractivity contribution is -0.145. The Bertz CT molecular complexity index is 257. The van der Waals surface area contributed by atoms with Crippen LogP contribution in [0.4, 0.5) is 0 Å². The normalized spacial score (nSPS) is 12.3. The minimum Gasteiger partial charge on any atom is -0.466 e. The SMILES string of the molecule is CCC(C)(C)O.CCCCCCCCCCOC(=O)CC(C)O. The van der Waals surface area contributed by atoms with Crippen LogP contribution in [-0.4, -0.2) is 34.5 Å². The van der Waals surface area contributed by atoms with E-state index in [-0.39, 0.29) is 12.4 Å². The number of hydrogen-bond donors (Lipinski definition) is 2. The molecule has 0 aliphatic carbocycles. The third kappa shape index (κ3) is 26.6. The van der Waals surface area contributed by atoms with Crippen LogP contribution < -0.4 is 0 Å². The summed E-state index contributed by atoms with van der Waals surface area (Å²) in [4.78, 5) is 11.1. The van der Waals surface area contributed by atoms with Gasteiger partial charge in [-0.1, -0.05) is 58.8 Å². The maximum atomic E-state index is 11.1. The standard InChI is InChI=1S/C14H28O3.C5H12O/c1-3-4-5-6-7-8-9-10-11-17-14(16)12-13(2)15;1-4-5(2,3)6/h13,15H,3-12H2,1-2H3;6H,4H2,1-3H3. The summed E-state index contributed by atoms with van der Waals surface area (Å²) in [6.45, 7) is 9.87. The Balaban J connectivity index is 0. The molecule has 140 valence electrons. The van der Waals surface area contributed by atoms with Gasteiger partial charge >= 0.3 is 5.97 Å². The molecule has 0 heterocycles. The number of aliphatic hydroxyl groups excluding tert-OH is 1. The van der Waals surface area contributed by atoms with E-state index < -0.39 is 11.7 Å². The molecule has 23 heavy (non-hydrogen) atoms. The fourth-order valence-corrected chi connectivity index (χ4v) is 1.72. The maximum absolute atomic E-state index is 11.1. The van der Waals surface area contributed by atoms with Gasteiger partial charge in [0.15, 0.2) is 0 Å². The Morgan fingerprint density at radius 3 is 1.83 bits per heavy atom. The van der Waals surface area contributed by atoms with Crippen LogP contribution >= 0.6 is 0 Å². The lowest BCUT2D eigenvalue weighted by atomic mass is 10.1. The van der Waals surface area contributed by atoms with E-state index in [4.69, 9.17) is 14.9 Å². The van der Waals surface area contributed by atoms with Gasteiger partial charge in [-0.25, -0.2) is 0 Å². The monoisotopic (exact) mass is 332 g/mol. The highest BCUT2D eigenvalue weighted by atomic mass is 16.5. The van der Waals surface area contributed by atoms with Crippen LogP contribution in [0.1, 0.15) is 98.8 Å². The Hall–Kier alpha value is -0.610. The first-order chi connectivity index (χ1) is 10.7. The number of carbonyl (C=O) groups is 1. The topological polar surface area (TPSA) is 66.8 Å². The number of hydrogen-bond acceptors (Lipinski definition) is 4. The van der Waals surface area contributed by atoms with E-state index in [1.54, 1.807) is 20.8 Å². The van der Waals surface area contributed by atoms with Crippen molar-refractivity contribution in [2.75, 3.05) is 6.61 Å². The van der Waals surface area contributed by atoms with E-state index in [9.17, 15) is 4.79 Å². The Morgan fingerprint density at radius 1 is 1.00 bits per heavy atom. The molecule has 0 amide bonds. The van der Waals surface area contributed by atoms with Gasteiger partial charge in [0.1, 0.15) is 0 Å². The predicted molar refractivity (Wildman–Crippen MR) is 96.5 cm³/mol. The van der Waals surface area contributed by atoms with Gasteiger partial charge < -0.3 is 14.9 Å². The van der Waals surface area contributed by atoms with Gasteiger partial charge in [0.2, 0.25) is 0 Å². The summed E-state index contributed by atoms with van der Waals surface area (Å²) in [5.74, 6) is -0.289. The van der Waals surface area contributed by atoms with Gasteiger partial charge in [-0.15, -0.1) is 0 Å². The van der Waals surface area contributed by atoms with Crippen molar-refractivity contribution < 1.29 is 19.7 Å². The lowest BCUT2D eigenvalue weighted by Gasteiger charge is -2.11. The summed E-state index contributed by atoms with van der Waals surface area (Å²) in [6, 6.07) is 0. The highest BCUT2D eigenvalue weighted by molar-refractivity contribution is 5.69. The van der Waals surface area contributed by atoms with Crippen LogP contribution in [0.3, 0.4) is 0 Å². The third-order valence-electron chi connectivity index (χ3n) is 3.59. The summed E-state index contributed by atoms with van der Waals surface area (Å²) < 4.78 is 5.00. The largest absolute Gasteiger partial charge is 0.466 e. The summed E-state index contributed by atoms with van der Waals surface area (Å²) >= 11 is 0. The van der Waals surface area contributed by atoms with Gasteiger partial charge in [0, 0.05) is 0 Å². The van der Waals surface area contributed by atoms with Gasteiger partial charge in [0.25, 0.3) is 0 Å². The minimum atomic E-state index is -0.596. The molecule has 4 heteroatoms. The Kier molecular flexibility index (Phi) is 17.4. The van der Waals surface area contributed by atoms with Crippen LogP contribution in [0.25, 0.3) is 0 Å². The molecule has 0 aromatic carbocycles. The Labute approximate surface area is 143 Å². The predicted octanol–water partition coefficient (Wildman–Crippen LogP) is 4.61. The summed E-state index contributed by atoms with van der Waals surface area (Å²) in [5.41, 5.74) is -0.458. The van der Waals surface area contributed by atoms with Gasteiger partial charge in [-0.3, -0.25) is 4.79 Å². The molecule has 0 radical (unpaired) electrons. The molecule has 2 N–H and O–H groups in total. The number of esters is 1. The molecule has 1 unspecified atom stereocenters. The molecule has 0 spiro atoms. The summed E-state index contributed by atoms with van der Waals surface area (Å²) in [7, 11) is 0. The number of unbranched alkanes of at least 4 members (excludes halogenated alkanes) is 7. The molecule has 0 bridgehead atoms. The van der Waals surface area contributed by atoms with Crippen LogP contribution in [0.2, 0.25) is 0 Å². The fraction of sp³-hybridized carbons (Fsp3) is 0.947. The van der Waals surface area contributed by atoms with Crippen molar-refractivity contribution in [1.82, 2.24) is 0 Å². The van der Waals surface area contributed by atoms with E-state index in [1.165, 1.54) is 38.5 Å². The zero-order chi connectivity index (χ0) is 18.1. The first-order valence-electron chi connectivity index (χ1n) is 9.29. The number of ether oxygens (including phenoxy) is 1. The van der Waals surface area contributed by atoms with E-state index in [2.05, 4.69) is 6.92 Å².